The van der Waals surface area contributed by atoms with Gasteiger partial charge in [0.1, 0.15) is 12.4 Å². The molecule has 6 rings (SSSR count). The second kappa shape index (κ2) is 10.5. The largest absolute Gasteiger partial charge is 0.488 e. The lowest BCUT2D eigenvalue weighted by molar-refractivity contribution is 0.305. The van der Waals surface area contributed by atoms with Crippen LogP contribution in [0.1, 0.15) is 51.8 Å². The second-order valence-electron chi connectivity index (χ2n) is 10.4. The summed E-state index contributed by atoms with van der Waals surface area (Å²) in [6, 6.07) is 29.7. The molecule has 0 saturated heterocycles. The predicted molar refractivity (Wildman–Crippen MR) is 158 cm³/mol. The standard InChI is InChI=1S/C34H31ClN2O/c1-22-16-23(2)18-24(17-22)21-38-33-15-12-27(35)19-26(33)20-36-28-13-10-25(11-14-28)34-31-8-5-7-29(31)30-6-3-4-9-32(30)37-34/h3-7,9-20,29,31,34,37H,8,21H2,1-2H3/t29-,31-,34-/m0/s1. The van der Waals surface area contributed by atoms with Crippen LogP contribution in [0, 0.1) is 19.8 Å². The van der Waals surface area contributed by atoms with E-state index in [9.17, 15) is 0 Å². The van der Waals surface area contributed by atoms with Crippen LogP contribution in [0.15, 0.2) is 102 Å². The first-order valence-corrected chi connectivity index (χ1v) is 13.6. The fraction of sp³-hybridized carbons (Fsp3) is 0.206. The molecule has 1 aliphatic heterocycles. The highest BCUT2D eigenvalue weighted by Crippen LogP contribution is 2.49. The highest BCUT2D eigenvalue weighted by atomic mass is 35.5. The van der Waals surface area contributed by atoms with Crippen molar-refractivity contribution in [1.29, 1.82) is 0 Å². The number of anilines is 1. The Bertz CT molecular complexity index is 1500. The number of rotatable bonds is 6. The van der Waals surface area contributed by atoms with Crippen molar-refractivity contribution in [2.75, 3.05) is 5.32 Å². The summed E-state index contributed by atoms with van der Waals surface area (Å²) in [6.45, 7) is 4.71. The molecule has 0 saturated carbocycles. The number of nitrogens with zero attached hydrogens (tertiary/aromatic N) is 1. The molecule has 4 aromatic carbocycles. The number of benzene rings is 4. The average molecular weight is 519 g/mol. The number of aryl methyl sites for hydroxylation is 2. The Morgan fingerprint density at radius 1 is 0.947 bits per heavy atom. The van der Waals surface area contributed by atoms with E-state index >= 15 is 0 Å². The Labute approximate surface area is 229 Å². The Morgan fingerprint density at radius 3 is 2.55 bits per heavy atom. The van der Waals surface area contributed by atoms with Crippen LogP contribution in [0.5, 0.6) is 5.75 Å². The third kappa shape index (κ3) is 5.12. The Balaban J connectivity index is 1.19. The predicted octanol–water partition coefficient (Wildman–Crippen LogP) is 9.11. The number of hydrogen-bond acceptors (Lipinski definition) is 3. The van der Waals surface area contributed by atoms with Gasteiger partial charge in [-0.25, -0.2) is 0 Å². The van der Waals surface area contributed by atoms with Crippen molar-refractivity contribution in [3.8, 4) is 5.75 Å². The molecule has 0 amide bonds. The van der Waals surface area contributed by atoms with Crippen LogP contribution < -0.4 is 10.1 Å². The van der Waals surface area contributed by atoms with Crippen molar-refractivity contribution in [2.24, 2.45) is 10.9 Å². The highest BCUT2D eigenvalue weighted by Gasteiger charge is 2.37. The van der Waals surface area contributed by atoms with Gasteiger partial charge in [0.2, 0.25) is 0 Å². The van der Waals surface area contributed by atoms with E-state index in [1.54, 1.807) is 0 Å². The van der Waals surface area contributed by atoms with Crippen LogP contribution in [0.4, 0.5) is 11.4 Å². The minimum absolute atomic E-state index is 0.279. The summed E-state index contributed by atoms with van der Waals surface area (Å²) in [5, 5.41) is 4.46. The zero-order chi connectivity index (χ0) is 26.1. The van der Waals surface area contributed by atoms with Gasteiger partial charge in [-0.15, -0.1) is 0 Å². The van der Waals surface area contributed by atoms with E-state index in [4.69, 9.17) is 21.3 Å². The summed E-state index contributed by atoms with van der Waals surface area (Å²) in [7, 11) is 0. The maximum Gasteiger partial charge on any atom is 0.128 e. The average Bonchev–Trinajstić information content (AvgIpc) is 3.41. The van der Waals surface area contributed by atoms with E-state index in [1.165, 1.54) is 27.9 Å². The molecular weight excluding hydrogens is 488 g/mol. The molecule has 0 spiro atoms. The van der Waals surface area contributed by atoms with Gasteiger partial charge in [0.25, 0.3) is 0 Å². The van der Waals surface area contributed by atoms with Crippen LogP contribution in [-0.2, 0) is 6.61 Å². The van der Waals surface area contributed by atoms with Gasteiger partial charge >= 0.3 is 0 Å². The van der Waals surface area contributed by atoms with Gasteiger partial charge in [-0.2, -0.15) is 0 Å². The minimum Gasteiger partial charge on any atom is -0.488 e. The van der Waals surface area contributed by atoms with E-state index in [0.717, 1.165) is 29.0 Å². The van der Waals surface area contributed by atoms with Crippen LogP contribution in [0.2, 0.25) is 5.02 Å². The third-order valence-corrected chi connectivity index (χ3v) is 7.76. The number of hydrogen-bond donors (Lipinski definition) is 1. The fourth-order valence-electron chi connectivity index (χ4n) is 5.85. The lowest BCUT2D eigenvalue weighted by atomic mass is 9.77. The molecule has 1 heterocycles. The molecule has 4 aromatic rings. The van der Waals surface area contributed by atoms with Crippen molar-refractivity contribution in [3.63, 3.8) is 0 Å². The fourth-order valence-corrected chi connectivity index (χ4v) is 6.03. The summed E-state index contributed by atoms with van der Waals surface area (Å²) in [5.74, 6) is 1.77. The molecular formula is C34H31ClN2O. The number of allylic oxidation sites excluding steroid dienone is 2. The van der Waals surface area contributed by atoms with E-state index < -0.39 is 0 Å². The van der Waals surface area contributed by atoms with Gasteiger partial charge < -0.3 is 10.1 Å². The number of fused-ring (bicyclic) bond motifs is 3. The molecule has 190 valence electrons. The Morgan fingerprint density at radius 2 is 1.74 bits per heavy atom. The zero-order valence-electron chi connectivity index (χ0n) is 21.7. The first kappa shape index (κ1) is 24.5. The third-order valence-electron chi connectivity index (χ3n) is 7.52. The van der Waals surface area contributed by atoms with Crippen LogP contribution in [0.25, 0.3) is 0 Å². The second-order valence-corrected chi connectivity index (χ2v) is 10.8. The van der Waals surface area contributed by atoms with Gasteiger partial charge in [-0.05, 0) is 79.3 Å². The Kier molecular flexibility index (Phi) is 6.78. The number of halogens is 1. The molecule has 3 nitrogen and oxygen atoms in total. The van der Waals surface area contributed by atoms with Crippen molar-refractivity contribution in [1.82, 2.24) is 0 Å². The van der Waals surface area contributed by atoms with Crippen LogP contribution in [-0.4, -0.2) is 6.21 Å². The van der Waals surface area contributed by atoms with E-state index in [-0.39, 0.29) is 6.04 Å². The minimum atomic E-state index is 0.279. The molecule has 1 N–H and O–H groups in total. The van der Waals surface area contributed by atoms with Gasteiger partial charge in [-0.3, -0.25) is 4.99 Å². The number of nitrogens with one attached hydrogen (secondary N) is 1. The molecule has 38 heavy (non-hydrogen) atoms. The molecule has 0 aromatic heterocycles. The number of para-hydroxylation sites is 1. The summed E-state index contributed by atoms with van der Waals surface area (Å²) in [6.07, 6.45) is 7.64. The van der Waals surface area contributed by atoms with Gasteiger partial charge in [0, 0.05) is 28.4 Å². The molecule has 4 heteroatoms. The molecule has 0 bridgehead atoms. The summed E-state index contributed by atoms with van der Waals surface area (Å²) >= 11 is 6.31. The van der Waals surface area contributed by atoms with Gasteiger partial charge in [0.05, 0.1) is 11.7 Å². The summed E-state index contributed by atoms with van der Waals surface area (Å²) < 4.78 is 6.18. The zero-order valence-corrected chi connectivity index (χ0v) is 22.5. The summed E-state index contributed by atoms with van der Waals surface area (Å²) in [5.41, 5.74) is 9.30. The monoisotopic (exact) mass is 518 g/mol. The normalized spacial score (nSPS) is 19.7. The van der Waals surface area contributed by atoms with Crippen LogP contribution >= 0.6 is 11.6 Å². The number of ether oxygens (including phenoxy) is 1. The molecule has 1 aliphatic carbocycles. The highest BCUT2D eigenvalue weighted by molar-refractivity contribution is 6.30. The van der Waals surface area contributed by atoms with Crippen LogP contribution in [0.3, 0.4) is 0 Å². The summed E-state index contributed by atoms with van der Waals surface area (Å²) in [4.78, 5) is 4.75. The van der Waals surface area contributed by atoms with E-state index in [1.807, 2.05) is 24.4 Å². The first-order valence-electron chi connectivity index (χ1n) is 13.2. The maximum atomic E-state index is 6.31. The van der Waals surface area contributed by atoms with Crippen molar-refractivity contribution < 1.29 is 4.74 Å². The number of aliphatic imine (C=N–C) groups is 1. The lowest BCUT2D eigenvalue weighted by Gasteiger charge is -2.37. The lowest BCUT2D eigenvalue weighted by Crippen LogP contribution is -2.28. The molecule has 0 radical (unpaired) electrons. The smallest absolute Gasteiger partial charge is 0.128 e. The first-order chi connectivity index (χ1) is 18.5. The maximum absolute atomic E-state index is 6.31. The van der Waals surface area contributed by atoms with Crippen molar-refractivity contribution in [2.45, 2.75) is 38.8 Å². The quantitative estimate of drug-likeness (QED) is 0.204. The topological polar surface area (TPSA) is 33.6 Å². The van der Waals surface area contributed by atoms with Crippen molar-refractivity contribution >= 4 is 29.2 Å². The van der Waals surface area contributed by atoms with Gasteiger partial charge in [0.15, 0.2) is 0 Å². The molecule has 3 atom stereocenters. The Hall–Kier alpha value is -3.82. The van der Waals surface area contributed by atoms with E-state index in [0.29, 0.717) is 23.5 Å². The van der Waals surface area contributed by atoms with Crippen molar-refractivity contribution in [3.05, 3.63) is 135 Å². The molecule has 2 aliphatic rings. The van der Waals surface area contributed by atoms with Gasteiger partial charge in [-0.1, -0.05) is 83.4 Å². The molecule has 0 fully saturated rings. The molecule has 0 unspecified atom stereocenters. The SMILES string of the molecule is Cc1cc(C)cc(COc2ccc(Cl)cc2C=Nc2ccc([C@@H]3Nc4ccccc4[C@@H]4C=CC[C@@H]43)cc2)c1. The van der Waals surface area contributed by atoms with E-state index in [2.05, 4.69) is 98.0 Å².